The van der Waals surface area contributed by atoms with Crippen LogP contribution in [0.25, 0.3) is 0 Å². The molecule has 2 rings (SSSR count). The Labute approximate surface area is 97.5 Å². The van der Waals surface area contributed by atoms with Gasteiger partial charge in [-0.05, 0) is 58.9 Å². The first kappa shape index (κ1) is 11.7. The minimum atomic E-state index is 0.0470. The van der Waals surface area contributed by atoms with E-state index in [9.17, 15) is 0 Å². The standard InChI is InChI=1S/C12H23NOS/c1-11(2)5-10(12(3,4)14-11)15-8-9-6-13-7-9/h9-10,13H,5-8H2,1-4H3. The maximum Gasteiger partial charge on any atom is 0.0752 e. The average Bonchev–Trinajstić information content (AvgIpc) is 2.16. The van der Waals surface area contributed by atoms with Crippen LogP contribution in [0.2, 0.25) is 0 Å². The predicted octanol–water partition coefficient (Wildman–Crippen LogP) is 2.29. The molecule has 2 nitrogen and oxygen atoms in total. The summed E-state index contributed by atoms with van der Waals surface area (Å²) in [6, 6.07) is 0. The molecule has 0 amide bonds. The average molecular weight is 229 g/mol. The number of rotatable bonds is 3. The quantitative estimate of drug-likeness (QED) is 0.802. The highest BCUT2D eigenvalue weighted by molar-refractivity contribution is 8.00. The van der Waals surface area contributed by atoms with Gasteiger partial charge in [0.1, 0.15) is 0 Å². The lowest BCUT2D eigenvalue weighted by Gasteiger charge is -2.31. The lowest BCUT2D eigenvalue weighted by molar-refractivity contribution is -0.0631. The maximum absolute atomic E-state index is 6.10. The minimum absolute atomic E-state index is 0.0470. The summed E-state index contributed by atoms with van der Waals surface area (Å²) >= 11 is 2.11. The van der Waals surface area contributed by atoms with Crippen LogP contribution in [0.15, 0.2) is 0 Å². The number of ether oxygens (including phenoxy) is 1. The molecule has 2 heterocycles. The molecular weight excluding hydrogens is 206 g/mol. The van der Waals surface area contributed by atoms with Crippen molar-refractivity contribution in [2.45, 2.75) is 50.6 Å². The maximum atomic E-state index is 6.10. The number of thioether (sulfide) groups is 1. The zero-order valence-electron chi connectivity index (χ0n) is 10.3. The van der Waals surface area contributed by atoms with E-state index in [4.69, 9.17) is 4.74 Å². The van der Waals surface area contributed by atoms with E-state index in [0.717, 1.165) is 5.92 Å². The van der Waals surface area contributed by atoms with E-state index in [1.54, 1.807) is 0 Å². The van der Waals surface area contributed by atoms with Crippen molar-refractivity contribution >= 4 is 11.8 Å². The summed E-state index contributed by atoms with van der Waals surface area (Å²) in [6.45, 7) is 11.3. The van der Waals surface area contributed by atoms with E-state index in [1.807, 2.05) is 0 Å². The van der Waals surface area contributed by atoms with Crippen molar-refractivity contribution < 1.29 is 4.74 Å². The first-order valence-electron chi connectivity index (χ1n) is 5.91. The normalized spacial score (nSPS) is 34.0. The van der Waals surface area contributed by atoms with Gasteiger partial charge in [-0.2, -0.15) is 11.8 Å². The highest BCUT2D eigenvalue weighted by Gasteiger charge is 2.46. The van der Waals surface area contributed by atoms with E-state index in [0.29, 0.717) is 5.25 Å². The van der Waals surface area contributed by atoms with Gasteiger partial charge in [-0.15, -0.1) is 0 Å². The van der Waals surface area contributed by atoms with Crippen molar-refractivity contribution in [2.24, 2.45) is 5.92 Å². The molecule has 3 heteroatoms. The Morgan fingerprint density at radius 3 is 2.33 bits per heavy atom. The molecule has 2 saturated heterocycles. The van der Waals surface area contributed by atoms with E-state index in [2.05, 4.69) is 44.8 Å². The molecule has 0 saturated carbocycles. The Morgan fingerprint density at radius 2 is 1.93 bits per heavy atom. The van der Waals surface area contributed by atoms with Gasteiger partial charge < -0.3 is 10.1 Å². The molecule has 88 valence electrons. The Kier molecular flexibility index (Phi) is 3.08. The summed E-state index contributed by atoms with van der Waals surface area (Å²) in [7, 11) is 0. The van der Waals surface area contributed by atoms with Crippen LogP contribution in [0, 0.1) is 5.92 Å². The zero-order valence-corrected chi connectivity index (χ0v) is 11.1. The fourth-order valence-electron chi connectivity index (χ4n) is 2.49. The van der Waals surface area contributed by atoms with Crippen molar-refractivity contribution in [2.75, 3.05) is 18.8 Å². The first-order valence-corrected chi connectivity index (χ1v) is 6.96. The van der Waals surface area contributed by atoms with Gasteiger partial charge in [0.25, 0.3) is 0 Å². The molecule has 0 aromatic rings. The Balaban J connectivity index is 1.85. The van der Waals surface area contributed by atoms with Crippen LogP contribution in [0.1, 0.15) is 34.1 Å². The van der Waals surface area contributed by atoms with Crippen LogP contribution in [-0.2, 0) is 4.74 Å². The van der Waals surface area contributed by atoms with Crippen molar-refractivity contribution in [1.82, 2.24) is 5.32 Å². The lowest BCUT2D eigenvalue weighted by Crippen LogP contribution is -2.44. The van der Waals surface area contributed by atoms with Gasteiger partial charge in [0.05, 0.1) is 11.2 Å². The molecule has 2 fully saturated rings. The molecule has 0 aliphatic carbocycles. The van der Waals surface area contributed by atoms with Crippen LogP contribution < -0.4 is 5.32 Å². The predicted molar refractivity (Wildman–Crippen MR) is 66.5 cm³/mol. The Hall–Kier alpha value is 0.270. The summed E-state index contributed by atoms with van der Waals surface area (Å²) in [6.07, 6.45) is 1.19. The number of hydrogen-bond acceptors (Lipinski definition) is 3. The summed E-state index contributed by atoms with van der Waals surface area (Å²) in [4.78, 5) is 0. The third-order valence-electron chi connectivity index (χ3n) is 3.39. The fraction of sp³-hybridized carbons (Fsp3) is 1.00. The molecule has 1 N–H and O–H groups in total. The van der Waals surface area contributed by atoms with Crippen molar-refractivity contribution in [3.63, 3.8) is 0 Å². The SMILES string of the molecule is CC1(C)CC(SCC2CNC2)C(C)(C)O1. The zero-order chi connectivity index (χ0) is 11.1. The molecule has 0 radical (unpaired) electrons. The van der Waals surface area contributed by atoms with E-state index in [1.165, 1.54) is 25.3 Å². The van der Waals surface area contributed by atoms with Crippen LogP contribution >= 0.6 is 11.8 Å². The van der Waals surface area contributed by atoms with Gasteiger partial charge in [-0.3, -0.25) is 0 Å². The Bertz CT molecular complexity index is 236. The molecule has 2 aliphatic rings. The van der Waals surface area contributed by atoms with Crippen molar-refractivity contribution in [3.8, 4) is 0 Å². The van der Waals surface area contributed by atoms with E-state index in [-0.39, 0.29) is 11.2 Å². The smallest absolute Gasteiger partial charge is 0.0752 e. The van der Waals surface area contributed by atoms with E-state index >= 15 is 0 Å². The summed E-state index contributed by atoms with van der Waals surface area (Å²) in [5.41, 5.74) is 0.115. The third kappa shape index (κ3) is 2.69. The largest absolute Gasteiger partial charge is 0.369 e. The highest BCUT2D eigenvalue weighted by atomic mass is 32.2. The van der Waals surface area contributed by atoms with Crippen LogP contribution in [0.5, 0.6) is 0 Å². The fourth-order valence-corrected chi connectivity index (χ4v) is 4.20. The summed E-state index contributed by atoms with van der Waals surface area (Å²) in [5.74, 6) is 2.19. The second-order valence-corrected chi connectivity index (χ2v) is 7.25. The minimum Gasteiger partial charge on any atom is -0.369 e. The van der Waals surface area contributed by atoms with Crippen LogP contribution in [0.4, 0.5) is 0 Å². The van der Waals surface area contributed by atoms with E-state index < -0.39 is 0 Å². The van der Waals surface area contributed by atoms with Gasteiger partial charge >= 0.3 is 0 Å². The molecule has 0 aromatic carbocycles. The number of hydrogen-bond donors (Lipinski definition) is 1. The first-order chi connectivity index (χ1) is 6.89. The number of nitrogens with one attached hydrogen (secondary N) is 1. The van der Waals surface area contributed by atoms with Gasteiger partial charge in [-0.1, -0.05) is 0 Å². The second-order valence-electron chi connectivity index (χ2n) is 6.02. The van der Waals surface area contributed by atoms with Gasteiger partial charge in [0.15, 0.2) is 0 Å². The summed E-state index contributed by atoms with van der Waals surface area (Å²) < 4.78 is 6.10. The monoisotopic (exact) mass is 229 g/mol. The summed E-state index contributed by atoms with van der Waals surface area (Å²) in [5, 5.41) is 3.99. The molecule has 15 heavy (non-hydrogen) atoms. The molecule has 2 aliphatic heterocycles. The van der Waals surface area contributed by atoms with Crippen molar-refractivity contribution in [3.05, 3.63) is 0 Å². The molecule has 0 spiro atoms. The van der Waals surface area contributed by atoms with Gasteiger partial charge in [-0.25, -0.2) is 0 Å². The van der Waals surface area contributed by atoms with Gasteiger partial charge in [0.2, 0.25) is 0 Å². The molecule has 0 aromatic heterocycles. The highest BCUT2D eigenvalue weighted by Crippen LogP contribution is 2.44. The third-order valence-corrected chi connectivity index (χ3v) is 5.19. The molecule has 1 unspecified atom stereocenters. The lowest BCUT2D eigenvalue weighted by atomic mass is 10.0. The topological polar surface area (TPSA) is 21.3 Å². The van der Waals surface area contributed by atoms with Gasteiger partial charge in [0, 0.05) is 5.25 Å². The van der Waals surface area contributed by atoms with Crippen molar-refractivity contribution in [1.29, 1.82) is 0 Å². The second kappa shape index (κ2) is 3.94. The van der Waals surface area contributed by atoms with Crippen LogP contribution in [0.3, 0.4) is 0 Å². The molecular formula is C12H23NOS. The molecule has 1 atom stereocenters. The van der Waals surface area contributed by atoms with Crippen LogP contribution in [-0.4, -0.2) is 35.3 Å². The molecule has 0 bridgehead atoms. The Morgan fingerprint density at radius 1 is 1.27 bits per heavy atom.